The summed E-state index contributed by atoms with van der Waals surface area (Å²) in [6, 6.07) is 18.9. The molecule has 0 aliphatic carbocycles. The molecular weight excluding hydrogens is 441 g/mol. The molecule has 0 atom stereocenters. The van der Waals surface area contributed by atoms with E-state index < -0.39 is 0 Å². The van der Waals surface area contributed by atoms with Gasteiger partial charge in [0.25, 0.3) is 0 Å². The predicted octanol–water partition coefficient (Wildman–Crippen LogP) is 4.84. The number of hydrogen-bond donors (Lipinski definition) is 1. The number of piperidine rings is 1. The van der Waals surface area contributed by atoms with Gasteiger partial charge in [0.15, 0.2) is 0 Å². The van der Waals surface area contributed by atoms with Crippen LogP contribution < -0.4 is 5.32 Å². The van der Waals surface area contributed by atoms with Crippen LogP contribution in [0.5, 0.6) is 0 Å². The van der Waals surface area contributed by atoms with Gasteiger partial charge in [0.1, 0.15) is 5.82 Å². The van der Waals surface area contributed by atoms with Crippen molar-refractivity contribution in [2.75, 3.05) is 19.6 Å². The second-order valence-corrected chi connectivity index (χ2v) is 9.06. The Bertz CT molecular complexity index is 1210. The highest BCUT2D eigenvalue weighted by Gasteiger charge is 2.26. The van der Waals surface area contributed by atoms with E-state index in [1.54, 1.807) is 29.2 Å². The number of aryl methyl sites for hydroxylation is 1. The summed E-state index contributed by atoms with van der Waals surface area (Å²) in [4.78, 5) is 27.1. The maximum Gasteiger partial charge on any atom is 0.246 e. The topological polar surface area (TPSA) is 54.3 Å². The van der Waals surface area contributed by atoms with Crippen molar-refractivity contribution in [3.8, 4) is 5.69 Å². The number of likely N-dealkylation sites (tertiary alicyclic amines) is 1. The lowest BCUT2D eigenvalue weighted by Crippen LogP contribution is -2.42. The highest BCUT2D eigenvalue weighted by Crippen LogP contribution is 2.22. The standard InChI is InChI=1S/C29H32FN3O2/c1-21-20-25(22(2)33(21)26-9-4-3-5-10-26)12-13-28(34)32-18-15-24(16-19-32)29(35)31-17-14-23-8-6-7-11-27(23)30/h3-13,20,24H,14-19H2,1-2H3,(H,31,35)/b13-12+. The maximum absolute atomic E-state index is 13.7. The quantitative estimate of drug-likeness (QED) is 0.499. The van der Waals surface area contributed by atoms with Crippen LogP contribution in [0.4, 0.5) is 4.39 Å². The molecule has 182 valence electrons. The number of hydrogen-bond acceptors (Lipinski definition) is 2. The minimum absolute atomic E-state index is 0.0164. The first-order valence-corrected chi connectivity index (χ1v) is 12.2. The van der Waals surface area contributed by atoms with E-state index in [1.807, 2.05) is 24.3 Å². The van der Waals surface area contributed by atoms with Gasteiger partial charge in [0.2, 0.25) is 11.8 Å². The Kier molecular flexibility index (Phi) is 7.80. The molecule has 1 aromatic heterocycles. The third kappa shape index (κ3) is 5.88. The van der Waals surface area contributed by atoms with Crippen LogP contribution in [0.2, 0.25) is 0 Å². The van der Waals surface area contributed by atoms with Crippen LogP contribution in [0, 0.1) is 25.6 Å². The molecule has 1 aliphatic heterocycles. The van der Waals surface area contributed by atoms with Crippen LogP contribution in [0.3, 0.4) is 0 Å². The minimum Gasteiger partial charge on any atom is -0.356 e. The molecule has 0 unspecified atom stereocenters. The van der Waals surface area contributed by atoms with E-state index in [2.05, 4.69) is 41.9 Å². The number of amides is 2. The lowest BCUT2D eigenvalue weighted by atomic mass is 9.95. The Hall–Kier alpha value is -3.67. The molecule has 1 N–H and O–H groups in total. The molecule has 1 aliphatic rings. The number of rotatable bonds is 7. The zero-order chi connectivity index (χ0) is 24.8. The third-order valence-electron chi connectivity index (χ3n) is 6.72. The first-order valence-electron chi connectivity index (χ1n) is 12.2. The highest BCUT2D eigenvalue weighted by molar-refractivity contribution is 5.92. The molecule has 1 saturated heterocycles. The number of carbonyl (C=O) groups excluding carboxylic acids is 2. The Morgan fingerprint density at radius 1 is 1.03 bits per heavy atom. The highest BCUT2D eigenvalue weighted by atomic mass is 19.1. The molecule has 3 aromatic rings. The average molecular weight is 474 g/mol. The number of nitrogens with zero attached hydrogens (tertiary/aromatic N) is 2. The molecule has 6 heteroatoms. The van der Waals surface area contributed by atoms with Crippen LogP contribution in [0.15, 0.2) is 66.7 Å². The summed E-state index contributed by atoms with van der Waals surface area (Å²) < 4.78 is 15.9. The van der Waals surface area contributed by atoms with E-state index >= 15 is 0 Å². The van der Waals surface area contributed by atoms with Crippen molar-refractivity contribution in [1.29, 1.82) is 0 Å². The Labute approximate surface area is 206 Å². The number of benzene rings is 2. The SMILES string of the molecule is Cc1cc(/C=C/C(=O)N2CCC(C(=O)NCCc3ccccc3F)CC2)c(C)n1-c1ccccc1. The molecule has 0 spiro atoms. The van der Waals surface area contributed by atoms with Crippen LogP contribution in [-0.4, -0.2) is 40.9 Å². The number of carbonyl (C=O) groups is 2. The average Bonchev–Trinajstić information content (AvgIpc) is 3.16. The van der Waals surface area contributed by atoms with Gasteiger partial charge in [0, 0.05) is 48.7 Å². The van der Waals surface area contributed by atoms with Gasteiger partial charge in [-0.1, -0.05) is 36.4 Å². The van der Waals surface area contributed by atoms with Crippen molar-refractivity contribution < 1.29 is 14.0 Å². The summed E-state index contributed by atoms with van der Waals surface area (Å²) in [7, 11) is 0. The summed E-state index contributed by atoms with van der Waals surface area (Å²) in [5.74, 6) is -0.415. The Balaban J connectivity index is 1.27. The number of aromatic nitrogens is 1. The van der Waals surface area contributed by atoms with Crippen LogP contribution in [0.1, 0.15) is 35.4 Å². The first-order chi connectivity index (χ1) is 16.9. The molecule has 0 bridgehead atoms. The van der Waals surface area contributed by atoms with Gasteiger partial charge in [-0.05, 0) is 74.6 Å². The maximum atomic E-state index is 13.7. The van der Waals surface area contributed by atoms with E-state index in [9.17, 15) is 14.0 Å². The van der Waals surface area contributed by atoms with Crippen molar-refractivity contribution in [2.45, 2.75) is 33.1 Å². The van der Waals surface area contributed by atoms with Crippen molar-refractivity contribution in [1.82, 2.24) is 14.8 Å². The van der Waals surface area contributed by atoms with E-state index in [-0.39, 0.29) is 23.5 Å². The monoisotopic (exact) mass is 473 g/mol. The van der Waals surface area contributed by atoms with Gasteiger partial charge in [-0.2, -0.15) is 0 Å². The van der Waals surface area contributed by atoms with Crippen molar-refractivity contribution in [2.24, 2.45) is 5.92 Å². The zero-order valence-electron chi connectivity index (χ0n) is 20.3. The van der Waals surface area contributed by atoms with E-state index in [1.165, 1.54) is 6.07 Å². The van der Waals surface area contributed by atoms with Gasteiger partial charge < -0.3 is 14.8 Å². The fourth-order valence-electron chi connectivity index (χ4n) is 4.73. The number of halogens is 1. The smallest absolute Gasteiger partial charge is 0.246 e. The third-order valence-corrected chi connectivity index (χ3v) is 6.72. The normalized spacial score (nSPS) is 14.4. The van der Waals surface area contributed by atoms with Crippen molar-refractivity contribution >= 4 is 17.9 Å². The molecule has 35 heavy (non-hydrogen) atoms. The molecule has 2 amide bonds. The molecule has 0 radical (unpaired) electrons. The lowest BCUT2D eigenvalue weighted by molar-refractivity contribution is -0.132. The summed E-state index contributed by atoms with van der Waals surface area (Å²) >= 11 is 0. The molecule has 4 rings (SSSR count). The number of nitrogens with one attached hydrogen (secondary N) is 1. The summed E-state index contributed by atoms with van der Waals surface area (Å²) in [6.07, 6.45) is 5.24. The fourth-order valence-corrected chi connectivity index (χ4v) is 4.73. The fraction of sp³-hybridized carbons (Fsp3) is 0.310. The lowest BCUT2D eigenvalue weighted by Gasteiger charge is -2.30. The summed E-state index contributed by atoms with van der Waals surface area (Å²) in [5, 5.41) is 2.92. The summed E-state index contributed by atoms with van der Waals surface area (Å²) in [5.41, 5.74) is 4.92. The number of para-hydroxylation sites is 1. The Morgan fingerprint density at radius 2 is 1.71 bits per heavy atom. The van der Waals surface area contributed by atoms with Gasteiger partial charge in [0.05, 0.1) is 0 Å². The van der Waals surface area contributed by atoms with Gasteiger partial charge in [-0.15, -0.1) is 0 Å². The molecule has 1 fully saturated rings. The minimum atomic E-state index is -0.247. The zero-order valence-corrected chi connectivity index (χ0v) is 20.3. The molecule has 0 saturated carbocycles. The van der Waals surface area contributed by atoms with Crippen molar-refractivity contribution in [3.05, 3.63) is 95.1 Å². The second kappa shape index (κ2) is 11.2. The van der Waals surface area contributed by atoms with Crippen LogP contribution in [-0.2, 0) is 16.0 Å². The molecular formula is C29H32FN3O2. The first kappa shape index (κ1) is 24.5. The van der Waals surface area contributed by atoms with Crippen molar-refractivity contribution in [3.63, 3.8) is 0 Å². The van der Waals surface area contributed by atoms with Crippen LogP contribution >= 0.6 is 0 Å². The summed E-state index contributed by atoms with van der Waals surface area (Å²) in [6.45, 7) is 5.63. The molecule has 5 nitrogen and oxygen atoms in total. The Morgan fingerprint density at radius 3 is 2.43 bits per heavy atom. The van der Waals surface area contributed by atoms with Gasteiger partial charge in [-0.25, -0.2) is 4.39 Å². The second-order valence-electron chi connectivity index (χ2n) is 9.06. The van der Waals surface area contributed by atoms with E-state index in [0.717, 1.165) is 22.6 Å². The van der Waals surface area contributed by atoms with Gasteiger partial charge >= 0.3 is 0 Å². The van der Waals surface area contributed by atoms with E-state index in [4.69, 9.17) is 0 Å². The molecule has 2 aromatic carbocycles. The largest absolute Gasteiger partial charge is 0.356 e. The van der Waals surface area contributed by atoms with E-state index in [0.29, 0.717) is 44.5 Å². The molecule has 2 heterocycles. The van der Waals surface area contributed by atoms with Gasteiger partial charge in [-0.3, -0.25) is 9.59 Å². The predicted molar refractivity (Wildman–Crippen MR) is 137 cm³/mol. The van der Waals surface area contributed by atoms with Crippen LogP contribution in [0.25, 0.3) is 11.8 Å².